The summed E-state index contributed by atoms with van der Waals surface area (Å²) in [4.78, 5) is 11.6. The molecule has 0 aromatic heterocycles. The number of nitrogens with one attached hydrogen (secondary N) is 2. The summed E-state index contributed by atoms with van der Waals surface area (Å²) in [5.41, 5.74) is 1.56. The zero-order chi connectivity index (χ0) is 16.3. The van der Waals surface area contributed by atoms with Gasteiger partial charge in [-0.05, 0) is 55.4 Å². The van der Waals surface area contributed by atoms with Gasteiger partial charge in [-0.3, -0.25) is 4.79 Å². The highest BCUT2D eigenvalue weighted by Gasteiger charge is 2.21. The van der Waals surface area contributed by atoms with Crippen molar-refractivity contribution in [2.45, 2.75) is 37.0 Å². The third-order valence-electron chi connectivity index (χ3n) is 4.09. The summed E-state index contributed by atoms with van der Waals surface area (Å²) < 4.78 is 32.7. The van der Waals surface area contributed by atoms with Crippen LogP contribution in [0.25, 0.3) is 0 Å². The molecule has 2 N–H and O–H groups in total. The second kappa shape index (κ2) is 6.98. The van der Waals surface area contributed by atoms with E-state index in [-0.39, 0.29) is 10.8 Å². The monoisotopic (exact) mass is 338 g/mol. The number of hydrogen-bond acceptors (Lipinski definition) is 4. The van der Waals surface area contributed by atoms with Crippen molar-refractivity contribution >= 4 is 21.6 Å². The summed E-state index contributed by atoms with van der Waals surface area (Å²) in [6.45, 7) is 1.74. The van der Waals surface area contributed by atoms with E-state index in [1.54, 1.807) is 12.1 Å². The largest absolute Gasteiger partial charge is 0.381 e. The third kappa shape index (κ3) is 4.53. The molecule has 1 aromatic carbocycles. The van der Waals surface area contributed by atoms with Crippen LogP contribution in [0.5, 0.6) is 0 Å². The van der Waals surface area contributed by atoms with Crippen molar-refractivity contribution in [1.29, 1.82) is 0 Å². The quantitative estimate of drug-likeness (QED) is 0.706. The maximum atomic E-state index is 12.3. The number of rotatable bonds is 8. The SMILES string of the molecule is O=C1CCc2cc(S(=O)(=O)NCCCOCC3CC3)ccc2N1. The van der Waals surface area contributed by atoms with Crippen molar-refractivity contribution in [3.8, 4) is 0 Å². The molecule has 6 nitrogen and oxygen atoms in total. The zero-order valence-electron chi connectivity index (χ0n) is 13.0. The molecule has 1 heterocycles. The van der Waals surface area contributed by atoms with Gasteiger partial charge in [0.1, 0.15) is 0 Å². The van der Waals surface area contributed by atoms with Crippen molar-refractivity contribution in [2.24, 2.45) is 5.92 Å². The highest BCUT2D eigenvalue weighted by molar-refractivity contribution is 7.89. The topological polar surface area (TPSA) is 84.5 Å². The molecule has 1 fully saturated rings. The predicted octanol–water partition coefficient (Wildman–Crippen LogP) is 1.67. The maximum Gasteiger partial charge on any atom is 0.240 e. The minimum atomic E-state index is -3.52. The fraction of sp³-hybridized carbons (Fsp3) is 0.562. The Labute approximate surface area is 136 Å². The minimum absolute atomic E-state index is 0.0302. The molecule has 2 aliphatic rings. The molecule has 0 spiro atoms. The number of carbonyl (C=O) groups excluding carboxylic acids is 1. The van der Waals surface area contributed by atoms with Crippen molar-refractivity contribution in [1.82, 2.24) is 4.72 Å². The van der Waals surface area contributed by atoms with E-state index in [0.29, 0.717) is 38.1 Å². The number of hydrogen-bond donors (Lipinski definition) is 2. The van der Waals surface area contributed by atoms with Crippen molar-refractivity contribution in [3.63, 3.8) is 0 Å². The molecule has 126 valence electrons. The lowest BCUT2D eigenvalue weighted by atomic mass is 10.0. The van der Waals surface area contributed by atoms with Crippen LogP contribution >= 0.6 is 0 Å². The van der Waals surface area contributed by atoms with E-state index in [2.05, 4.69) is 10.0 Å². The van der Waals surface area contributed by atoms with E-state index in [9.17, 15) is 13.2 Å². The van der Waals surface area contributed by atoms with Crippen LogP contribution < -0.4 is 10.0 Å². The smallest absolute Gasteiger partial charge is 0.240 e. The standard InChI is InChI=1S/C16H22N2O4S/c19-16-7-4-13-10-14(5-6-15(13)18-16)23(20,21)17-8-1-9-22-11-12-2-3-12/h5-6,10,12,17H,1-4,7-9,11H2,(H,18,19). The second-order valence-corrected chi connectivity index (χ2v) is 7.90. The van der Waals surface area contributed by atoms with Crippen LogP contribution in [0.3, 0.4) is 0 Å². The van der Waals surface area contributed by atoms with Gasteiger partial charge in [0.25, 0.3) is 0 Å². The van der Waals surface area contributed by atoms with Gasteiger partial charge in [0.15, 0.2) is 0 Å². The maximum absolute atomic E-state index is 12.3. The summed E-state index contributed by atoms with van der Waals surface area (Å²) in [5.74, 6) is 0.695. The molecule has 23 heavy (non-hydrogen) atoms. The average molecular weight is 338 g/mol. The molecule has 7 heteroatoms. The van der Waals surface area contributed by atoms with E-state index in [4.69, 9.17) is 4.74 Å². The zero-order valence-corrected chi connectivity index (χ0v) is 13.8. The average Bonchev–Trinajstić information content (AvgIpc) is 3.34. The van der Waals surface area contributed by atoms with E-state index >= 15 is 0 Å². The molecule has 0 bridgehead atoms. The Bertz CT molecular complexity index is 683. The van der Waals surface area contributed by atoms with Crippen LogP contribution in [0.2, 0.25) is 0 Å². The molecule has 1 amide bonds. The van der Waals surface area contributed by atoms with Gasteiger partial charge in [0.2, 0.25) is 15.9 Å². The van der Waals surface area contributed by atoms with Crippen molar-refractivity contribution < 1.29 is 17.9 Å². The van der Waals surface area contributed by atoms with Crippen molar-refractivity contribution in [3.05, 3.63) is 23.8 Å². The van der Waals surface area contributed by atoms with Gasteiger partial charge in [-0.2, -0.15) is 0 Å². The molecule has 1 aliphatic heterocycles. The Morgan fingerprint density at radius 3 is 2.87 bits per heavy atom. The van der Waals surface area contributed by atoms with Gasteiger partial charge in [-0.1, -0.05) is 0 Å². The number of fused-ring (bicyclic) bond motifs is 1. The first-order valence-corrected chi connectivity index (χ1v) is 9.53. The first-order valence-electron chi connectivity index (χ1n) is 8.05. The number of benzene rings is 1. The summed E-state index contributed by atoms with van der Waals surface area (Å²) in [6, 6.07) is 4.82. The second-order valence-electron chi connectivity index (χ2n) is 6.14. The molecule has 1 saturated carbocycles. The number of aryl methyl sites for hydroxylation is 1. The highest BCUT2D eigenvalue weighted by Crippen LogP contribution is 2.28. The minimum Gasteiger partial charge on any atom is -0.381 e. The van der Waals surface area contributed by atoms with E-state index in [1.807, 2.05) is 0 Å². The Balaban J connectivity index is 1.51. The van der Waals surface area contributed by atoms with Crippen LogP contribution in [0.4, 0.5) is 5.69 Å². The lowest BCUT2D eigenvalue weighted by Gasteiger charge is -2.17. The molecule has 1 aromatic rings. The fourth-order valence-electron chi connectivity index (χ4n) is 2.53. The molecule has 0 atom stereocenters. The Morgan fingerprint density at radius 2 is 2.09 bits per heavy atom. The van der Waals surface area contributed by atoms with Crippen LogP contribution in [0.15, 0.2) is 23.1 Å². The molecule has 0 radical (unpaired) electrons. The number of carbonyl (C=O) groups is 1. The van der Waals surface area contributed by atoms with E-state index in [0.717, 1.165) is 18.1 Å². The number of amides is 1. The van der Waals surface area contributed by atoms with Gasteiger partial charge >= 0.3 is 0 Å². The molecule has 1 aliphatic carbocycles. The van der Waals surface area contributed by atoms with E-state index in [1.165, 1.54) is 18.9 Å². The summed E-state index contributed by atoms with van der Waals surface area (Å²) in [5, 5.41) is 2.75. The third-order valence-corrected chi connectivity index (χ3v) is 5.55. The Morgan fingerprint density at radius 1 is 1.26 bits per heavy atom. The summed E-state index contributed by atoms with van der Waals surface area (Å²) in [7, 11) is -3.52. The van der Waals surface area contributed by atoms with Gasteiger partial charge in [0, 0.05) is 31.9 Å². The van der Waals surface area contributed by atoms with Crippen LogP contribution in [-0.2, 0) is 26.0 Å². The van der Waals surface area contributed by atoms with Gasteiger partial charge in [0.05, 0.1) is 4.90 Å². The number of anilines is 1. The normalized spacial score (nSPS) is 17.7. The first kappa shape index (κ1) is 16.4. The number of sulfonamides is 1. The van der Waals surface area contributed by atoms with E-state index < -0.39 is 10.0 Å². The summed E-state index contributed by atoms with van der Waals surface area (Å²) >= 11 is 0. The molecular formula is C16H22N2O4S. The summed E-state index contributed by atoms with van der Waals surface area (Å²) in [6.07, 6.45) is 4.13. The lowest BCUT2D eigenvalue weighted by molar-refractivity contribution is -0.116. The lowest BCUT2D eigenvalue weighted by Crippen LogP contribution is -2.26. The van der Waals surface area contributed by atoms with Crippen LogP contribution in [-0.4, -0.2) is 34.1 Å². The van der Waals surface area contributed by atoms with Crippen LogP contribution in [0.1, 0.15) is 31.2 Å². The predicted molar refractivity (Wildman–Crippen MR) is 86.7 cm³/mol. The van der Waals surface area contributed by atoms with Gasteiger partial charge in [-0.25, -0.2) is 13.1 Å². The highest BCUT2D eigenvalue weighted by atomic mass is 32.2. The Kier molecular flexibility index (Phi) is 4.99. The van der Waals surface area contributed by atoms with Crippen molar-refractivity contribution in [2.75, 3.05) is 25.1 Å². The first-order chi connectivity index (χ1) is 11.0. The molecule has 0 unspecified atom stereocenters. The fourth-order valence-corrected chi connectivity index (χ4v) is 3.65. The Hall–Kier alpha value is -1.44. The van der Waals surface area contributed by atoms with Gasteiger partial charge < -0.3 is 10.1 Å². The van der Waals surface area contributed by atoms with Crippen LogP contribution in [0, 0.1) is 5.92 Å². The molecule has 0 saturated heterocycles. The molecule has 3 rings (SSSR count). The molecular weight excluding hydrogens is 316 g/mol. The van der Waals surface area contributed by atoms with Gasteiger partial charge in [-0.15, -0.1) is 0 Å². The number of ether oxygens (including phenoxy) is 1.